The van der Waals surface area contributed by atoms with Gasteiger partial charge in [0.1, 0.15) is 6.17 Å². The van der Waals surface area contributed by atoms with Gasteiger partial charge in [-0.25, -0.2) is 4.39 Å². The average molecular weight is 117 g/mol. The van der Waals surface area contributed by atoms with Crippen molar-refractivity contribution in [2.24, 2.45) is 0 Å². The van der Waals surface area contributed by atoms with E-state index in [-0.39, 0.29) is 0 Å². The maximum atomic E-state index is 12.3. The molecule has 0 aromatic heterocycles. The summed E-state index contributed by atoms with van der Waals surface area (Å²) < 4.78 is 12.3. The van der Waals surface area contributed by atoms with Gasteiger partial charge >= 0.3 is 0 Å². The van der Waals surface area contributed by atoms with Gasteiger partial charge in [0.15, 0.2) is 0 Å². The van der Waals surface area contributed by atoms with Gasteiger partial charge in [-0.1, -0.05) is 26.7 Å². The summed E-state index contributed by atoms with van der Waals surface area (Å²) in [5.41, 5.74) is 0. The van der Waals surface area contributed by atoms with Crippen molar-refractivity contribution in [1.29, 1.82) is 0 Å². The Bertz CT molecular complexity index is 43.7. The summed E-state index contributed by atoms with van der Waals surface area (Å²) in [5, 5.41) is 0. The molecule has 1 radical (unpaired) electrons. The van der Waals surface area contributed by atoms with Crippen LogP contribution in [-0.4, -0.2) is 6.17 Å². The minimum absolute atomic E-state index is 0.431. The van der Waals surface area contributed by atoms with Crippen LogP contribution in [0.5, 0.6) is 0 Å². The van der Waals surface area contributed by atoms with E-state index in [2.05, 4.69) is 13.8 Å². The van der Waals surface area contributed by atoms with Gasteiger partial charge in [-0.15, -0.1) is 0 Å². The molecule has 0 aromatic carbocycles. The molecule has 0 saturated carbocycles. The first-order valence-corrected chi connectivity index (χ1v) is 3.24. The molecule has 0 aromatic rings. The zero-order valence-electron chi connectivity index (χ0n) is 5.49. The van der Waals surface area contributed by atoms with Crippen LogP contribution in [0.25, 0.3) is 0 Å². The Kier molecular flexibility index (Phi) is 5.03. The van der Waals surface area contributed by atoms with Crippen LogP contribution in [0.2, 0.25) is 0 Å². The lowest BCUT2D eigenvalue weighted by Crippen LogP contribution is -1.95. The molecular formula is C7H14F. The van der Waals surface area contributed by atoms with E-state index < -0.39 is 6.17 Å². The molecule has 0 aliphatic carbocycles. The number of hydrogen-bond acceptors (Lipinski definition) is 0. The number of rotatable bonds is 4. The highest BCUT2D eigenvalue weighted by Gasteiger charge is 1.99. The summed E-state index contributed by atoms with van der Waals surface area (Å²) in [6, 6.07) is 0. The number of alkyl halides is 1. The van der Waals surface area contributed by atoms with Gasteiger partial charge in [-0.05, 0) is 12.8 Å². The fraction of sp³-hybridized carbons (Fsp3) is 0.857. The molecule has 0 aliphatic heterocycles. The average Bonchev–Trinajstić information content (AvgIpc) is 1.83. The van der Waals surface area contributed by atoms with Gasteiger partial charge in [0.25, 0.3) is 0 Å². The van der Waals surface area contributed by atoms with E-state index in [4.69, 9.17) is 0 Å². The second-order valence-electron chi connectivity index (χ2n) is 2.03. The zero-order chi connectivity index (χ0) is 6.41. The molecule has 0 nitrogen and oxygen atoms in total. The maximum absolute atomic E-state index is 12.3. The van der Waals surface area contributed by atoms with Gasteiger partial charge in [0, 0.05) is 0 Å². The van der Waals surface area contributed by atoms with Gasteiger partial charge < -0.3 is 0 Å². The Labute approximate surface area is 51.1 Å². The SMILES string of the molecule is [CH2]CC(F)CCCC. The lowest BCUT2D eigenvalue weighted by molar-refractivity contribution is 0.309. The molecular weight excluding hydrogens is 103 g/mol. The molecule has 49 valence electrons. The molecule has 0 bridgehead atoms. The van der Waals surface area contributed by atoms with E-state index in [1.807, 2.05) is 0 Å². The van der Waals surface area contributed by atoms with Gasteiger partial charge in [0.05, 0.1) is 0 Å². The Morgan fingerprint density at radius 3 is 2.62 bits per heavy atom. The van der Waals surface area contributed by atoms with E-state index in [1.165, 1.54) is 0 Å². The van der Waals surface area contributed by atoms with E-state index in [1.54, 1.807) is 0 Å². The topological polar surface area (TPSA) is 0 Å². The maximum Gasteiger partial charge on any atom is 0.100 e. The number of unbranched alkanes of at least 4 members (excludes halogenated alkanes) is 1. The third-order valence-electron chi connectivity index (χ3n) is 1.18. The summed E-state index contributed by atoms with van der Waals surface area (Å²) >= 11 is 0. The fourth-order valence-electron chi connectivity index (χ4n) is 0.570. The first-order valence-electron chi connectivity index (χ1n) is 3.24. The Balaban J connectivity index is 2.86. The first-order chi connectivity index (χ1) is 3.81. The number of halogens is 1. The van der Waals surface area contributed by atoms with Crippen molar-refractivity contribution < 1.29 is 4.39 Å². The molecule has 0 fully saturated rings. The van der Waals surface area contributed by atoms with E-state index in [0.29, 0.717) is 12.8 Å². The highest BCUT2D eigenvalue weighted by atomic mass is 19.1. The molecule has 0 N–H and O–H groups in total. The van der Waals surface area contributed by atoms with Crippen molar-refractivity contribution in [2.45, 2.75) is 38.8 Å². The lowest BCUT2D eigenvalue weighted by atomic mass is 10.1. The first kappa shape index (κ1) is 7.93. The van der Waals surface area contributed by atoms with Crippen molar-refractivity contribution in [3.63, 3.8) is 0 Å². The van der Waals surface area contributed by atoms with Gasteiger partial charge in [0.2, 0.25) is 0 Å². The molecule has 0 heterocycles. The summed E-state index contributed by atoms with van der Waals surface area (Å²) in [7, 11) is 0. The van der Waals surface area contributed by atoms with Crippen LogP contribution in [0.1, 0.15) is 32.6 Å². The quantitative estimate of drug-likeness (QED) is 0.531. The molecule has 0 saturated heterocycles. The predicted octanol–water partition coefficient (Wildman–Crippen LogP) is 2.74. The molecule has 0 rings (SSSR count). The van der Waals surface area contributed by atoms with Crippen LogP contribution in [0.15, 0.2) is 0 Å². The summed E-state index contributed by atoms with van der Waals surface area (Å²) in [5.74, 6) is 0. The predicted molar refractivity (Wildman–Crippen MR) is 34.4 cm³/mol. The van der Waals surface area contributed by atoms with E-state index in [9.17, 15) is 4.39 Å². The van der Waals surface area contributed by atoms with Gasteiger partial charge in [-0.2, -0.15) is 0 Å². The van der Waals surface area contributed by atoms with Crippen molar-refractivity contribution in [3.05, 3.63) is 6.92 Å². The minimum atomic E-state index is -0.657. The smallest absolute Gasteiger partial charge is 0.100 e. The third-order valence-corrected chi connectivity index (χ3v) is 1.18. The Hall–Kier alpha value is -0.0700. The largest absolute Gasteiger partial charge is 0.247 e. The molecule has 0 amide bonds. The minimum Gasteiger partial charge on any atom is -0.247 e. The molecule has 1 atom stereocenters. The zero-order valence-corrected chi connectivity index (χ0v) is 5.49. The Morgan fingerprint density at radius 2 is 2.25 bits per heavy atom. The van der Waals surface area contributed by atoms with Crippen LogP contribution >= 0.6 is 0 Å². The molecule has 8 heavy (non-hydrogen) atoms. The van der Waals surface area contributed by atoms with Crippen molar-refractivity contribution in [2.75, 3.05) is 0 Å². The summed E-state index contributed by atoms with van der Waals surface area (Å²) in [6.45, 7) is 5.53. The second-order valence-corrected chi connectivity index (χ2v) is 2.03. The van der Waals surface area contributed by atoms with Crippen molar-refractivity contribution in [3.8, 4) is 0 Å². The van der Waals surface area contributed by atoms with Crippen LogP contribution < -0.4 is 0 Å². The third kappa shape index (κ3) is 4.10. The highest BCUT2D eigenvalue weighted by molar-refractivity contribution is 4.55. The molecule has 0 aliphatic rings. The van der Waals surface area contributed by atoms with Crippen molar-refractivity contribution in [1.82, 2.24) is 0 Å². The van der Waals surface area contributed by atoms with E-state index >= 15 is 0 Å². The van der Waals surface area contributed by atoms with Crippen LogP contribution in [0, 0.1) is 6.92 Å². The summed E-state index contributed by atoms with van der Waals surface area (Å²) in [4.78, 5) is 0. The molecule has 0 spiro atoms. The van der Waals surface area contributed by atoms with Crippen LogP contribution in [0.4, 0.5) is 4.39 Å². The second kappa shape index (κ2) is 5.07. The van der Waals surface area contributed by atoms with E-state index in [0.717, 1.165) is 12.8 Å². The fourth-order valence-corrected chi connectivity index (χ4v) is 0.570. The monoisotopic (exact) mass is 117 g/mol. The molecule has 1 heteroatoms. The molecule has 1 unspecified atom stereocenters. The normalized spacial score (nSPS) is 13.9. The van der Waals surface area contributed by atoms with Gasteiger partial charge in [-0.3, -0.25) is 0 Å². The standard InChI is InChI=1S/C7H14F/c1-3-5-6-7(8)4-2/h7H,2-6H2,1H3. The highest BCUT2D eigenvalue weighted by Crippen LogP contribution is 2.06. The number of hydrogen-bond donors (Lipinski definition) is 0. The van der Waals surface area contributed by atoms with Crippen molar-refractivity contribution >= 4 is 0 Å². The van der Waals surface area contributed by atoms with Crippen LogP contribution in [0.3, 0.4) is 0 Å². The lowest BCUT2D eigenvalue weighted by Gasteiger charge is -2.00. The Morgan fingerprint density at radius 1 is 1.62 bits per heavy atom. The summed E-state index contributed by atoms with van der Waals surface area (Å²) in [6.07, 6.45) is 2.55. The van der Waals surface area contributed by atoms with Crippen LogP contribution in [-0.2, 0) is 0 Å².